The van der Waals surface area contributed by atoms with Crippen molar-refractivity contribution < 1.29 is 19.1 Å². The topological polar surface area (TPSA) is 69.6 Å². The molecule has 0 radical (unpaired) electrons. The zero-order valence-electron chi connectivity index (χ0n) is 11.8. The Hall–Kier alpha value is -1.95. The number of amides is 1. The Morgan fingerprint density at radius 1 is 1.29 bits per heavy atom. The summed E-state index contributed by atoms with van der Waals surface area (Å²) in [6.07, 6.45) is 2.50. The zero-order valence-corrected chi connectivity index (χ0v) is 11.8. The van der Waals surface area contributed by atoms with Crippen LogP contribution in [0.25, 0.3) is 0 Å². The average Bonchev–Trinajstić information content (AvgIpc) is 2.99. The van der Waals surface area contributed by atoms with E-state index in [1.165, 1.54) is 12.1 Å². The van der Waals surface area contributed by atoms with Crippen molar-refractivity contribution in [3.05, 3.63) is 35.1 Å². The van der Waals surface area contributed by atoms with E-state index in [1.807, 2.05) is 4.90 Å². The van der Waals surface area contributed by atoms with E-state index in [0.29, 0.717) is 18.5 Å². The lowest BCUT2D eigenvalue weighted by molar-refractivity contribution is -0.130. The Kier molecular flexibility index (Phi) is 5.27. The highest BCUT2D eigenvalue weighted by Gasteiger charge is 2.17. The van der Waals surface area contributed by atoms with Gasteiger partial charge in [0.15, 0.2) is 0 Å². The van der Waals surface area contributed by atoms with Gasteiger partial charge in [-0.1, -0.05) is 0 Å². The summed E-state index contributed by atoms with van der Waals surface area (Å²) in [6, 6.07) is 3.70. The van der Waals surface area contributed by atoms with Crippen molar-refractivity contribution in [2.75, 3.05) is 19.6 Å². The molecule has 6 heteroatoms. The molecule has 2 N–H and O–H groups in total. The van der Waals surface area contributed by atoms with Gasteiger partial charge in [-0.05, 0) is 31.0 Å². The molecule has 21 heavy (non-hydrogen) atoms. The number of hydrogen-bond donors (Lipinski definition) is 2. The number of carboxylic acids is 1. The van der Waals surface area contributed by atoms with Crippen LogP contribution in [0.3, 0.4) is 0 Å². The Balaban J connectivity index is 1.79. The maximum Gasteiger partial charge on any atom is 0.335 e. The Bertz CT molecular complexity index is 528. The lowest BCUT2D eigenvalue weighted by Gasteiger charge is -2.15. The van der Waals surface area contributed by atoms with Crippen LogP contribution in [0.15, 0.2) is 18.2 Å². The molecule has 1 fully saturated rings. The second kappa shape index (κ2) is 7.17. The Morgan fingerprint density at radius 3 is 2.67 bits per heavy atom. The smallest absolute Gasteiger partial charge is 0.335 e. The van der Waals surface area contributed by atoms with Gasteiger partial charge in [0.05, 0.1) is 5.56 Å². The normalized spacial score (nSPS) is 14.4. The molecule has 1 saturated heterocycles. The summed E-state index contributed by atoms with van der Waals surface area (Å²) < 4.78 is 13.6. The largest absolute Gasteiger partial charge is 0.478 e. The highest BCUT2D eigenvalue weighted by molar-refractivity contribution is 5.87. The molecule has 0 spiro atoms. The molecule has 114 valence electrons. The first-order valence-electron chi connectivity index (χ1n) is 7.08. The minimum absolute atomic E-state index is 0.0568. The number of hydrogen-bond acceptors (Lipinski definition) is 3. The lowest BCUT2D eigenvalue weighted by atomic mass is 10.1. The van der Waals surface area contributed by atoms with Crippen LogP contribution < -0.4 is 5.32 Å². The number of carbonyl (C=O) groups excluding carboxylic acids is 1. The third-order valence-corrected chi connectivity index (χ3v) is 3.58. The summed E-state index contributed by atoms with van der Waals surface area (Å²) >= 11 is 0. The fraction of sp³-hybridized carbons (Fsp3) is 0.467. The van der Waals surface area contributed by atoms with Crippen LogP contribution in [0, 0.1) is 5.82 Å². The minimum atomic E-state index is -1.08. The van der Waals surface area contributed by atoms with Crippen LogP contribution in [-0.4, -0.2) is 41.5 Å². The molecule has 0 saturated carbocycles. The number of halogens is 1. The van der Waals surface area contributed by atoms with Crippen molar-refractivity contribution in [2.24, 2.45) is 0 Å². The molecule has 5 nitrogen and oxygen atoms in total. The van der Waals surface area contributed by atoms with E-state index in [9.17, 15) is 14.0 Å². The number of aromatic carboxylic acids is 1. The van der Waals surface area contributed by atoms with Crippen molar-refractivity contribution >= 4 is 11.9 Å². The third-order valence-electron chi connectivity index (χ3n) is 3.58. The van der Waals surface area contributed by atoms with Gasteiger partial charge in [-0.3, -0.25) is 4.79 Å². The van der Waals surface area contributed by atoms with Gasteiger partial charge in [0.2, 0.25) is 5.91 Å². The molecule has 1 aliphatic heterocycles. The standard InChI is InChI=1S/C15H19FN2O3/c16-13-4-3-11(15(20)21)9-12(13)10-17-6-5-14(19)18-7-1-2-8-18/h3-4,9,17H,1-2,5-8,10H2,(H,20,21). The van der Waals surface area contributed by atoms with Crippen LogP contribution in [0.5, 0.6) is 0 Å². The van der Waals surface area contributed by atoms with E-state index in [2.05, 4.69) is 5.32 Å². The maximum atomic E-state index is 13.6. The van der Waals surface area contributed by atoms with E-state index < -0.39 is 11.8 Å². The predicted molar refractivity (Wildman–Crippen MR) is 75.5 cm³/mol. The number of carbonyl (C=O) groups is 2. The summed E-state index contributed by atoms with van der Waals surface area (Å²) in [5, 5.41) is 11.9. The van der Waals surface area contributed by atoms with Gasteiger partial charge in [-0.15, -0.1) is 0 Å². The van der Waals surface area contributed by atoms with E-state index >= 15 is 0 Å². The Labute approximate surface area is 122 Å². The number of nitrogens with zero attached hydrogens (tertiary/aromatic N) is 1. The fourth-order valence-electron chi connectivity index (χ4n) is 2.39. The molecule has 0 bridgehead atoms. The van der Waals surface area contributed by atoms with Crippen molar-refractivity contribution in [1.29, 1.82) is 0 Å². The van der Waals surface area contributed by atoms with Crippen LogP contribution in [-0.2, 0) is 11.3 Å². The lowest BCUT2D eigenvalue weighted by Crippen LogP contribution is -2.30. The van der Waals surface area contributed by atoms with Crippen LogP contribution in [0.2, 0.25) is 0 Å². The molecule has 1 aromatic rings. The maximum absolute atomic E-state index is 13.6. The van der Waals surface area contributed by atoms with Gasteiger partial charge in [0, 0.05) is 38.2 Å². The first kappa shape index (κ1) is 15.4. The molecule has 0 aliphatic carbocycles. The summed E-state index contributed by atoms with van der Waals surface area (Å²) in [6.45, 7) is 2.31. The van der Waals surface area contributed by atoms with Gasteiger partial charge in [0.25, 0.3) is 0 Å². The van der Waals surface area contributed by atoms with Crippen molar-refractivity contribution in [2.45, 2.75) is 25.8 Å². The van der Waals surface area contributed by atoms with Gasteiger partial charge >= 0.3 is 5.97 Å². The SMILES string of the molecule is O=C(O)c1ccc(F)c(CNCCC(=O)N2CCCC2)c1. The van der Waals surface area contributed by atoms with Crippen LogP contribution in [0.4, 0.5) is 4.39 Å². The van der Waals surface area contributed by atoms with Gasteiger partial charge in [-0.25, -0.2) is 9.18 Å². The highest BCUT2D eigenvalue weighted by atomic mass is 19.1. The molecule has 2 rings (SSSR count). The molecule has 0 aromatic heterocycles. The number of carboxylic acid groups (broad SMARTS) is 1. The van der Waals surface area contributed by atoms with Crippen molar-refractivity contribution in [1.82, 2.24) is 10.2 Å². The third kappa shape index (κ3) is 4.26. The molecular weight excluding hydrogens is 275 g/mol. The zero-order chi connectivity index (χ0) is 15.2. The van der Waals surface area contributed by atoms with Crippen LogP contribution >= 0.6 is 0 Å². The van der Waals surface area contributed by atoms with E-state index in [4.69, 9.17) is 5.11 Å². The van der Waals surface area contributed by atoms with Crippen molar-refractivity contribution in [3.8, 4) is 0 Å². The summed E-state index contributed by atoms with van der Waals surface area (Å²) in [7, 11) is 0. The van der Waals surface area contributed by atoms with E-state index in [1.54, 1.807) is 0 Å². The molecule has 1 amide bonds. The number of benzene rings is 1. The van der Waals surface area contributed by atoms with Crippen molar-refractivity contribution in [3.63, 3.8) is 0 Å². The summed E-state index contributed by atoms with van der Waals surface area (Å²) in [5.74, 6) is -1.42. The quantitative estimate of drug-likeness (QED) is 0.782. The first-order chi connectivity index (χ1) is 10.1. The van der Waals surface area contributed by atoms with Gasteiger partial charge < -0.3 is 15.3 Å². The molecule has 1 aromatic carbocycles. The minimum Gasteiger partial charge on any atom is -0.478 e. The predicted octanol–water partition coefficient (Wildman–Crippen LogP) is 1.63. The molecule has 0 unspecified atom stereocenters. The fourth-order valence-corrected chi connectivity index (χ4v) is 2.39. The summed E-state index contributed by atoms with van der Waals surface area (Å²) in [4.78, 5) is 24.5. The Morgan fingerprint density at radius 2 is 2.00 bits per heavy atom. The van der Waals surface area contributed by atoms with E-state index in [0.717, 1.165) is 32.0 Å². The molecule has 1 heterocycles. The summed E-state index contributed by atoms with van der Waals surface area (Å²) in [5.41, 5.74) is 0.352. The number of nitrogens with one attached hydrogen (secondary N) is 1. The van der Waals surface area contributed by atoms with Gasteiger partial charge in [0.1, 0.15) is 5.82 Å². The highest BCUT2D eigenvalue weighted by Crippen LogP contribution is 2.11. The molecular formula is C15H19FN2O3. The first-order valence-corrected chi connectivity index (χ1v) is 7.08. The molecule has 1 aliphatic rings. The number of likely N-dealkylation sites (tertiary alicyclic amines) is 1. The van der Waals surface area contributed by atoms with Crippen LogP contribution in [0.1, 0.15) is 35.2 Å². The van der Waals surface area contributed by atoms with E-state index in [-0.39, 0.29) is 18.0 Å². The average molecular weight is 294 g/mol. The number of rotatable bonds is 6. The monoisotopic (exact) mass is 294 g/mol. The second-order valence-electron chi connectivity index (χ2n) is 5.13. The molecule has 0 atom stereocenters. The van der Waals surface area contributed by atoms with Gasteiger partial charge in [-0.2, -0.15) is 0 Å². The second-order valence-corrected chi connectivity index (χ2v) is 5.13.